The highest BCUT2D eigenvalue weighted by atomic mass is 19.3. The average Bonchev–Trinajstić information content (AvgIpc) is 2.19. The Labute approximate surface area is 93.0 Å². The maximum absolute atomic E-state index is 13.3. The van der Waals surface area contributed by atoms with Gasteiger partial charge in [0.2, 0.25) is 0 Å². The first-order valence-electron chi connectivity index (χ1n) is 4.83. The number of methoxy groups -OCH3 is 1. The molecular formula is C11H15F2NO2. The lowest BCUT2D eigenvalue weighted by Crippen LogP contribution is -2.14. The summed E-state index contributed by atoms with van der Waals surface area (Å²) in [5.41, 5.74) is 3.09. The Morgan fingerprint density at radius 1 is 1.44 bits per heavy atom. The lowest BCUT2D eigenvalue weighted by Gasteiger charge is -2.19. The van der Waals surface area contributed by atoms with E-state index in [-0.39, 0.29) is 17.9 Å². The van der Waals surface area contributed by atoms with Crippen LogP contribution in [0, 0.1) is 6.92 Å². The largest absolute Gasteiger partial charge is 0.496 e. The molecule has 0 aromatic heterocycles. The smallest absolute Gasteiger partial charge is 0.274 e. The van der Waals surface area contributed by atoms with Crippen LogP contribution in [0.3, 0.4) is 0 Å². The summed E-state index contributed by atoms with van der Waals surface area (Å²) >= 11 is 0. The van der Waals surface area contributed by atoms with Crippen molar-refractivity contribution in [2.24, 2.45) is 0 Å². The third kappa shape index (κ3) is 2.48. The maximum Gasteiger partial charge on any atom is 0.274 e. The molecule has 0 atom stereocenters. The summed E-state index contributed by atoms with van der Waals surface area (Å²) in [6.45, 7) is 2.65. The van der Waals surface area contributed by atoms with E-state index in [1.54, 1.807) is 13.0 Å². The number of benzene rings is 1. The number of alkyl halides is 2. The monoisotopic (exact) mass is 231 g/mol. The Bertz CT molecular complexity index is 375. The minimum absolute atomic E-state index is 0.0684. The second-order valence-electron chi connectivity index (χ2n) is 3.67. The Kier molecular flexibility index (Phi) is 3.83. The summed E-state index contributed by atoms with van der Waals surface area (Å²) in [5.74, 6) is -2.85. The number of hydroxylamine groups is 1. The average molecular weight is 231 g/mol. The lowest BCUT2D eigenvalue weighted by atomic mass is 10.00. The molecule has 0 aliphatic rings. The summed E-state index contributed by atoms with van der Waals surface area (Å²) in [6.07, 6.45) is 0. The zero-order valence-corrected chi connectivity index (χ0v) is 9.47. The number of hydrogen-bond acceptors (Lipinski definition) is 3. The molecule has 16 heavy (non-hydrogen) atoms. The second-order valence-corrected chi connectivity index (χ2v) is 3.67. The van der Waals surface area contributed by atoms with Gasteiger partial charge in [-0.1, -0.05) is 6.07 Å². The topological polar surface area (TPSA) is 41.5 Å². The summed E-state index contributed by atoms with van der Waals surface area (Å²) in [7, 11) is 1.34. The number of aryl methyl sites for hydroxylation is 1. The van der Waals surface area contributed by atoms with Crippen LogP contribution in [0.4, 0.5) is 8.78 Å². The Morgan fingerprint density at radius 2 is 2.06 bits per heavy atom. The number of nitrogens with one attached hydrogen (secondary N) is 1. The molecule has 0 heterocycles. The molecule has 3 nitrogen and oxygen atoms in total. The second kappa shape index (κ2) is 4.76. The molecule has 90 valence electrons. The molecule has 5 heteroatoms. The van der Waals surface area contributed by atoms with E-state index in [0.717, 1.165) is 12.5 Å². The molecule has 1 rings (SSSR count). The summed E-state index contributed by atoms with van der Waals surface area (Å²) < 4.78 is 31.6. The van der Waals surface area contributed by atoms with Gasteiger partial charge in [-0.15, -0.1) is 0 Å². The fourth-order valence-electron chi connectivity index (χ4n) is 1.60. The highest BCUT2D eigenvalue weighted by Gasteiger charge is 2.30. The van der Waals surface area contributed by atoms with E-state index in [1.807, 2.05) is 5.48 Å². The van der Waals surface area contributed by atoms with E-state index in [4.69, 9.17) is 9.94 Å². The molecule has 0 radical (unpaired) electrons. The molecule has 0 unspecified atom stereocenters. The molecule has 1 aromatic rings. The van der Waals surface area contributed by atoms with Crippen LogP contribution < -0.4 is 10.2 Å². The van der Waals surface area contributed by atoms with Gasteiger partial charge in [-0.05, 0) is 18.6 Å². The minimum atomic E-state index is -2.97. The molecule has 1 aromatic carbocycles. The fourth-order valence-corrected chi connectivity index (χ4v) is 1.60. The zero-order valence-electron chi connectivity index (χ0n) is 9.47. The van der Waals surface area contributed by atoms with Gasteiger partial charge in [0.25, 0.3) is 5.92 Å². The molecule has 0 bridgehead atoms. The van der Waals surface area contributed by atoms with Crippen LogP contribution in [0.1, 0.15) is 23.6 Å². The third-order valence-corrected chi connectivity index (χ3v) is 2.43. The van der Waals surface area contributed by atoms with Crippen molar-refractivity contribution in [3.63, 3.8) is 0 Å². The molecule has 0 saturated heterocycles. The quantitative estimate of drug-likeness (QED) is 0.782. The van der Waals surface area contributed by atoms with Gasteiger partial charge < -0.3 is 9.94 Å². The predicted octanol–water partition coefficient (Wildman–Crippen LogP) is 2.59. The van der Waals surface area contributed by atoms with Crippen LogP contribution in [0.25, 0.3) is 0 Å². The van der Waals surface area contributed by atoms with Crippen molar-refractivity contribution in [3.8, 4) is 5.75 Å². The molecule has 2 N–H and O–H groups in total. The normalized spacial score (nSPS) is 11.6. The lowest BCUT2D eigenvalue weighted by molar-refractivity contribution is 0.0148. The summed E-state index contributed by atoms with van der Waals surface area (Å²) in [6, 6.07) is 2.93. The van der Waals surface area contributed by atoms with Crippen LogP contribution in [-0.4, -0.2) is 12.3 Å². The highest BCUT2D eigenvalue weighted by molar-refractivity contribution is 5.47. The maximum atomic E-state index is 13.3. The van der Waals surface area contributed by atoms with E-state index in [0.29, 0.717) is 5.56 Å². The van der Waals surface area contributed by atoms with E-state index in [1.165, 1.54) is 13.2 Å². The molecular weight excluding hydrogens is 216 g/mol. The number of hydrogen-bond donors (Lipinski definition) is 2. The van der Waals surface area contributed by atoms with Crippen molar-refractivity contribution < 1.29 is 18.7 Å². The zero-order chi connectivity index (χ0) is 12.3. The highest BCUT2D eigenvalue weighted by Crippen LogP contribution is 2.37. The van der Waals surface area contributed by atoms with Crippen LogP contribution in [-0.2, 0) is 12.5 Å². The van der Waals surface area contributed by atoms with Gasteiger partial charge in [-0.2, -0.15) is 0 Å². The van der Waals surface area contributed by atoms with Gasteiger partial charge in [-0.25, -0.2) is 14.3 Å². The Hall–Kier alpha value is -1.20. The van der Waals surface area contributed by atoms with Gasteiger partial charge in [0.1, 0.15) is 5.75 Å². The number of halogens is 2. The van der Waals surface area contributed by atoms with Crippen LogP contribution >= 0.6 is 0 Å². The fraction of sp³-hybridized carbons (Fsp3) is 0.455. The van der Waals surface area contributed by atoms with Crippen molar-refractivity contribution in [2.75, 3.05) is 7.11 Å². The van der Waals surface area contributed by atoms with Crippen LogP contribution in [0.15, 0.2) is 12.1 Å². The van der Waals surface area contributed by atoms with Crippen molar-refractivity contribution in [1.82, 2.24) is 5.48 Å². The Morgan fingerprint density at radius 3 is 2.50 bits per heavy atom. The first-order chi connectivity index (χ1) is 7.41. The molecule has 0 aliphatic heterocycles. The molecule has 0 amide bonds. The predicted molar refractivity (Wildman–Crippen MR) is 55.9 cm³/mol. The van der Waals surface area contributed by atoms with Crippen molar-refractivity contribution in [3.05, 3.63) is 28.8 Å². The van der Waals surface area contributed by atoms with E-state index >= 15 is 0 Å². The number of ether oxygens (including phenoxy) is 1. The SMILES string of the molecule is COc1c(C(C)(F)F)ccc(C)c1CNO. The van der Waals surface area contributed by atoms with E-state index in [2.05, 4.69) is 0 Å². The minimum Gasteiger partial charge on any atom is -0.496 e. The van der Waals surface area contributed by atoms with Gasteiger partial charge in [0.05, 0.1) is 12.7 Å². The first-order valence-corrected chi connectivity index (χ1v) is 4.83. The van der Waals surface area contributed by atoms with Crippen molar-refractivity contribution in [1.29, 1.82) is 0 Å². The van der Waals surface area contributed by atoms with Gasteiger partial charge in [-0.3, -0.25) is 0 Å². The standard InChI is InChI=1S/C11H15F2NO2/c1-7-4-5-9(11(2,12)13)10(16-3)8(7)6-14-15/h4-5,14-15H,6H2,1-3H3. The van der Waals surface area contributed by atoms with Gasteiger partial charge in [0.15, 0.2) is 0 Å². The summed E-state index contributed by atoms with van der Waals surface area (Å²) in [5, 5.41) is 8.66. The Balaban J connectivity index is 3.37. The van der Waals surface area contributed by atoms with Crippen molar-refractivity contribution >= 4 is 0 Å². The third-order valence-electron chi connectivity index (χ3n) is 2.43. The van der Waals surface area contributed by atoms with Crippen LogP contribution in [0.5, 0.6) is 5.75 Å². The molecule has 0 aliphatic carbocycles. The summed E-state index contributed by atoms with van der Waals surface area (Å²) in [4.78, 5) is 0. The molecule has 0 spiro atoms. The van der Waals surface area contributed by atoms with Gasteiger partial charge >= 0.3 is 0 Å². The molecule has 0 saturated carbocycles. The van der Waals surface area contributed by atoms with Crippen LogP contribution in [0.2, 0.25) is 0 Å². The molecule has 0 fully saturated rings. The van der Waals surface area contributed by atoms with Gasteiger partial charge in [0, 0.05) is 19.0 Å². The van der Waals surface area contributed by atoms with E-state index in [9.17, 15) is 8.78 Å². The number of rotatable bonds is 4. The van der Waals surface area contributed by atoms with E-state index < -0.39 is 5.92 Å². The first kappa shape index (κ1) is 12.9. The van der Waals surface area contributed by atoms with Crippen molar-refractivity contribution in [2.45, 2.75) is 26.3 Å².